The summed E-state index contributed by atoms with van der Waals surface area (Å²) in [5, 5.41) is 22.4. The second kappa shape index (κ2) is 5.29. The van der Waals surface area contributed by atoms with E-state index in [1.165, 1.54) is 18.2 Å². The average molecular weight is 238 g/mol. The first kappa shape index (κ1) is 13.0. The first-order chi connectivity index (χ1) is 7.90. The van der Waals surface area contributed by atoms with Crippen LogP contribution >= 0.6 is 0 Å². The summed E-state index contributed by atoms with van der Waals surface area (Å²) in [6.45, 7) is 3.82. The zero-order valence-electron chi connectivity index (χ0n) is 9.64. The van der Waals surface area contributed by atoms with Gasteiger partial charge in [0.2, 0.25) is 0 Å². The Labute approximate surface area is 98.4 Å². The standard InChI is InChI=1S/C11H14N2O4/c1-7(2)12-10-4-3-9(13(16)17)5-8(10)6-11(14)15/h3-5,7,12H,6H2,1-2H3,(H,14,15). The largest absolute Gasteiger partial charge is 0.481 e. The van der Waals surface area contributed by atoms with E-state index in [0.29, 0.717) is 11.3 Å². The highest BCUT2D eigenvalue weighted by atomic mass is 16.6. The van der Waals surface area contributed by atoms with Crippen molar-refractivity contribution >= 4 is 17.3 Å². The van der Waals surface area contributed by atoms with Gasteiger partial charge in [0.15, 0.2) is 0 Å². The van der Waals surface area contributed by atoms with Crippen molar-refractivity contribution in [3.8, 4) is 0 Å². The van der Waals surface area contributed by atoms with Crippen LogP contribution < -0.4 is 5.32 Å². The minimum Gasteiger partial charge on any atom is -0.481 e. The zero-order chi connectivity index (χ0) is 13.0. The molecule has 0 aromatic heterocycles. The van der Waals surface area contributed by atoms with Gasteiger partial charge < -0.3 is 10.4 Å². The highest BCUT2D eigenvalue weighted by Gasteiger charge is 2.13. The summed E-state index contributed by atoms with van der Waals surface area (Å²) in [7, 11) is 0. The number of carbonyl (C=O) groups is 1. The Morgan fingerprint density at radius 1 is 1.53 bits per heavy atom. The highest BCUT2D eigenvalue weighted by Crippen LogP contribution is 2.23. The minimum atomic E-state index is -1.02. The molecular weight excluding hydrogens is 224 g/mol. The fraction of sp³-hybridized carbons (Fsp3) is 0.364. The van der Waals surface area contributed by atoms with Gasteiger partial charge in [0.05, 0.1) is 11.3 Å². The van der Waals surface area contributed by atoms with Crippen molar-refractivity contribution in [3.05, 3.63) is 33.9 Å². The molecule has 0 bridgehead atoms. The van der Waals surface area contributed by atoms with Crippen LogP contribution in [-0.4, -0.2) is 22.0 Å². The van der Waals surface area contributed by atoms with Crippen molar-refractivity contribution in [2.45, 2.75) is 26.3 Å². The molecule has 0 saturated carbocycles. The quantitative estimate of drug-likeness (QED) is 0.604. The van der Waals surface area contributed by atoms with Crippen molar-refractivity contribution in [2.75, 3.05) is 5.32 Å². The number of carboxylic acids is 1. The molecule has 0 heterocycles. The summed E-state index contributed by atoms with van der Waals surface area (Å²) in [6.07, 6.45) is -0.239. The molecule has 1 aromatic rings. The van der Waals surface area contributed by atoms with Gasteiger partial charge >= 0.3 is 5.97 Å². The first-order valence-electron chi connectivity index (χ1n) is 5.16. The Bertz CT molecular complexity index is 443. The van der Waals surface area contributed by atoms with Crippen LogP contribution in [0, 0.1) is 10.1 Å². The molecule has 92 valence electrons. The zero-order valence-corrected chi connectivity index (χ0v) is 9.64. The molecule has 0 aliphatic heterocycles. The summed E-state index contributed by atoms with van der Waals surface area (Å²) in [4.78, 5) is 20.8. The Hall–Kier alpha value is -2.11. The summed E-state index contributed by atoms with van der Waals surface area (Å²) >= 11 is 0. The number of anilines is 1. The predicted octanol–water partition coefficient (Wildman–Crippen LogP) is 2.04. The van der Waals surface area contributed by atoms with Crippen LogP contribution in [0.3, 0.4) is 0 Å². The minimum absolute atomic E-state index is 0.101. The molecule has 0 aliphatic carbocycles. The third-order valence-corrected chi connectivity index (χ3v) is 2.09. The van der Waals surface area contributed by atoms with E-state index in [2.05, 4.69) is 5.32 Å². The number of benzene rings is 1. The summed E-state index contributed by atoms with van der Waals surface area (Å²) in [5.41, 5.74) is 0.934. The lowest BCUT2D eigenvalue weighted by molar-refractivity contribution is -0.384. The molecule has 0 amide bonds. The lowest BCUT2D eigenvalue weighted by Gasteiger charge is -2.13. The van der Waals surface area contributed by atoms with Crippen molar-refractivity contribution < 1.29 is 14.8 Å². The molecule has 0 saturated heterocycles. The number of carboxylic acid groups (broad SMARTS) is 1. The van der Waals surface area contributed by atoms with Gasteiger partial charge in [0.25, 0.3) is 5.69 Å². The number of rotatable bonds is 5. The van der Waals surface area contributed by atoms with E-state index < -0.39 is 10.9 Å². The normalized spacial score (nSPS) is 10.3. The Morgan fingerprint density at radius 2 is 2.18 bits per heavy atom. The van der Waals surface area contributed by atoms with Gasteiger partial charge in [-0.15, -0.1) is 0 Å². The SMILES string of the molecule is CC(C)Nc1ccc([N+](=O)[O-])cc1CC(=O)O. The molecule has 1 aromatic carbocycles. The highest BCUT2D eigenvalue weighted by molar-refractivity contribution is 5.74. The molecule has 0 spiro atoms. The topological polar surface area (TPSA) is 92.5 Å². The summed E-state index contributed by atoms with van der Waals surface area (Å²) in [5.74, 6) is -1.02. The van der Waals surface area contributed by atoms with Crippen LogP contribution in [0.2, 0.25) is 0 Å². The maximum atomic E-state index is 10.7. The summed E-state index contributed by atoms with van der Waals surface area (Å²) < 4.78 is 0. The van der Waals surface area contributed by atoms with E-state index >= 15 is 0 Å². The molecular formula is C11H14N2O4. The van der Waals surface area contributed by atoms with E-state index in [-0.39, 0.29) is 18.2 Å². The molecule has 6 heteroatoms. The van der Waals surface area contributed by atoms with Crippen LogP contribution in [0.1, 0.15) is 19.4 Å². The fourth-order valence-electron chi connectivity index (χ4n) is 1.45. The molecule has 0 unspecified atom stereocenters. The van der Waals surface area contributed by atoms with Gasteiger partial charge in [0.1, 0.15) is 0 Å². The van der Waals surface area contributed by atoms with Crippen LogP contribution in [0.5, 0.6) is 0 Å². The van der Waals surface area contributed by atoms with Gasteiger partial charge in [0, 0.05) is 23.9 Å². The number of nitro benzene ring substituents is 1. The lowest BCUT2D eigenvalue weighted by atomic mass is 10.1. The number of nitrogens with zero attached hydrogens (tertiary/aromatic N) is 1. The van der Waals surface area contributed by atoms with Crippen molar-refractivity contribution in [3.63, 3.8) is 0 Å². The molecule has 1 rings (SSSR count). The monoisotopic (exact) mass is 238 g/mol. The van der Waals surface area contributed by atoms with Crippen molar-refractivity contribution in [1.29, 1.82) is 0 Å². The van der Waals surface area contributed by atoms with E-state index in [4.69, 9.17) is 5.11 Å². The van der Waals surface area contributed by atoms with E-state index in [9.17, 15) is 14.9 Å². The van der Waals surface area contributed by atoms with E-state index in [1.807, 2.05) is 13.8 Å². The molecule has 6 nitrogen and oxygen atoms in total. The van der Waals surface area contributed by atoms with Gasteiger partial charge in [-0.2, -0.15) is 0 Å². The van der Waals surface area contributed by atoms with Gasteiger partial charge in [-0.1, -0.05) is 0 Å². The second-order valence-electron chi connectivity index (χ2n) is 3.97. The third-order valence-electron chi connectivity index (χ3n) is 2.09. The van der Waals surface area contributed by atoms with Gasteiger partial charge in [-0.05, 0) is 25.5 Å². The molecule has 0 fully saturated rings. The maximum absolute atomic E-state index is 10.7. The van der Waals surface area contributed by atoms with E-state index in [1.54, 1.807) is 0 Å². The number of nitrogens with one attached hydrogen (secondary N) is 1. The van der Waals surface area contributed by atoms with Gasteiger partial charge in [-0.3, -0.25) is 14.9 Å². The van der Waals surface area contributed by atoms with Crippen LogP contribution in [0.25, 0.3) is 0 Å². The number of non-ortho nitro benzene ring substituents is 1. The lowest BCUT2D eigenvalue weighted by Crippen LogP contribution is -2.13. The molecule has 17 heavy (non-hydrogen) atoms. The van der Waals surface area contributed by atoms with Crippen LogP contribution in [0.15, 0.2) is 18.2 Å². The van der Waals surface area contributed by atoms with Crippen molar-refractivity contribution in [1.82, 2.24) is 0 Å². The summed E-state index contributed by atoms with van der Waals surface area (Å²) in [6, 6.07) is 4.31. The Kier molecular flexibility index (Phi) is 4.03. The number of hydrogen-bond acceptors (Lipinski definition) is 4. The Balaban J connectivity index is 3.11. The molecule has 0 aliphatic rings. The maximum Gasteiger partial charge on any atom is 0.307 e. The average Bonchev–Trinajstić information content (AvgIpc) is 2.18. The second-order valence-corrected chi connectivity index (χ2v) is 3.97. The van der Waals surface area contributed by atoms with Gasteiger partial charge in [-0.25, -0.2) is 0 Å². The number of nitro groups is 1. The van der Waals surface area contributed by atoms with Crippen molar-refractivity contribution in [2.24, 2.45) is 0 Å². The molecule has 0 radical (unpaired) electrons. The smallest absolute Gasteiger partial charge is 0.307 e. The fourth-order valence-corrected chi connectivity index (χ4v) is 1.45. The first-order valence-corrected chi connectivity index (χ1v) is 5.16. The predicted molar refractivity (Wildman–Crippen MR) is 63.2 cm³/mol. The van der Waals surface area contributed by atoms with E-state index in [0.717, 1.165) is 0 Å². The van der Waals surface area contributed by atoms with Crippen LogP contribution in [0.4, 0.5) is 11.4 Å². The molecule has 2 N–H and O–H groups in total. The van der Waals surface area contributed by atoms with Crippen LogP contribution in [-0.2, 0) is 11.2 Å². The molecule has 0 atom stereocenters. The number of aliphatic carboxylic acids is 1. The third kappa shape index (κ3) is 3.75. The Morgan fingerprint density at radius 3 is 2.65 bits per heavy atom. The number of hydrogen-bond donors (Lipinski definition) is 2.